The molecule has 0 unspecified atom stereocenters. The molecule has 128 valence electrons. The molecule has 1 amide bonds. The summed E-state index contributed by atoms with van der Waals surface area (Å²) in [7, 11) is 1.35. The number of ether oxygens (including phenoxy) is 1. The van der Waals surface area contributed by atoms with Crippen molar-refractivity contribution in [1.82, 2.24) is 9.88 Å². The lowest BCUT2D eigenvalue weighted by Gasteiger charge is -2.36. The van der Waals surface area contributed by atoms with E-state index in [2.05, 4.69) is 17.1 Å². The standard InChI is InChI=1S/C19H24N2O3/c1-13(11-18(22)24-2)19(23)21-10-6-5-9-17(21)16-12-14-7-3-4-8-15(14)20-16/h3-4,7-8,12-13,17,20H,5-6,9-11H2,1-2H3/t13-,17-/m0/s1. The van der Waals surface area contributed by atoms with Crippen LogP contribution in [0.15, 0.2) is 30.3 Å². The lowest BCUT2D eigenvalue weighted by molar-refractivity contribution is -0.148. The van der Waals surface area contributed by atoms with Crippen LogP contribution in [0.4, 0.5) is 0 Å². The van der Waals surface area contributed by atoms with Crippen LogP contribution in [-0.2, 0) is 14.3 Å². The van der Waals surface area contributed by atoms with Gasteiger partial charge in [-0.05, 0) is 36.8 Å². The molecule has 0 aliphatic carbocycles. The molecule has 5 heteroatoms. The molecule has 1 aliphatic heterocycles. The van der Waals surface area contributed by atoms with Crippen molar-refractivity contribution >= 4 is 22.8 Å². The summed E-state index contributed by atoms with van der Waals surface area (Å²) in [6, 6.07) is 10.3. The van der Waals surface area contributed by atoms with E-state index in [1.807, 2.05) is 23.1 Å². The molecule has 2 atom stereocenters. The van der Waals surface area contributed by atoms with E-state index in [0.29, 0.717) is 0 Å². The van der Waals surface area contributed by atoms with Crippen molar-refractivity contribution in [2.75, 3.05) is 13.7 Å². The number of nitrogens with zero attached hydrogens (tertiary/aromatic N) is 1. The summed E-state index contributed by atoms with van der Waals surface area (Å²) in [6.07, 6.45) is 3.19. The summed E-state index contributed by atoms with van der Waals surface area (Å²) in [6.45, 7) is 2.54. The summed E-state index contributed by atoms with van der Waals surface area (Å²) in [5.74, 6) is -0.666. The number of fused-ring (bicyclic) bond motifs is 1. The monoisotopic (exact) mass is 328 g/mol. The lowest BCUT2D eigenvalue weighted by atomic mass is 9.96. The molecule has 1 aromatic heterocycles. The average Bonchev–Trinajstić information content (AvgIpc) is 3.04. The fourth-order valence-electron chi connectivity index (χ4n) is 3.50. The highest BCUT2D eigenvalue weighted by Gasteiger charge is 2.32. The zero-order valence-corrected chi connectivity index (χ0v) is 14.2. The second kappa shape index (κ2) is 7.07. The summed E-state index contributed by atoms with van der Waals surface area (Å²) in [5.41, 5.74) is 2.17. The van der Waals surface area contributed by atoms with Gasteiger partial charge in [-0.25, -0.2) is 0 Å². The number of piperidine rings is 1. The number of carbonyl (C=O) groups is 2. The zero-order valence-electron chi connectivity index (χ0n) is 14.2. The number of nitrogens with one attached hydrogen (secondary N) is 1. The third-order valence-electron chi connectivity index (χ3n) is 4.82. The Hall–Kier alpha value is -2.30. The number of H-pyrrole nitrogens is 1. The van der Waals surface area contributed by atoms with Crippen LogP contribution in [0.2, 0.25) is 0 Å². The number of likely N-dealkylation sites (tertiary alicyclic amines) is 1. The van der Waals surface area contributed by atoms with Crippen LogP contribution in [0.25, 0.3) is 10.9 Å². The van der Waals surface area contributed by atoms with E-state index in [1.54, 1.807) is 6.92 Å². The Bertz CT molecular complexity index is 704. The molecule has 1 aliphatic rings. The summed E-state index contributed by atoms with van der Waals surface area (Å²) in [4.78, 5) is 29.7. The number of para-hydroxylation sites is 1. The predicted molar refractivity (Wildman–Crippen MR) is 92.4 cm³/mol. The van der Waals surface area contributed by atoms with Gasteiger partial charge in [0.15, 0.2) is 0 Å². The Morgan fingerprint density at radius 2 is 2.12 bits per heavy atom. The van der Waals surface area contributed by atoms with Crippen LogP contribution in [0.5, 0.6) is 0 Å². The molecule has 0 spiro atoms. The van der Waals surface area contributed by atoms with Crippen molar-refractivity contribution in [3.63, 3.8) is 0 Å². The van der Waals surface area contributed by atoms with Crippen LogP contribution >= 0.6 is 0 Å². The lowest BCUT2D eigenvalue weighted by Crippen LogP contribution is -2.42. The first-order chi connectivity index (χ1) is 11.6. The number of hydrogen-bond donors (Lipinski definition) is 1. The van der Waals surface area contributed by atoms with Gasteiger partial charge in [0.2, 0.25) is 5.91 Å². The first-order valence-corrected chi connectivity index (χ1v) is 8.55. The molecule has 2 aromatic rings. The highest BCUT2D eigenvalue weighted by Crippen LogP contribution is 2.33. The van der Waals surface area contributed by atoms with E-state index in [0.717, 1.165) is 42.4 Å². The fraction of sp³-hybridized carbons (Fsp3) is 0.474. The predicted octanol–water partition coefficient (Wildman–Crippen LogP) is 3.42. The highest BCUT2D eigenvalue weighted by atomic mass is 16.5. The van der Waals surface area contributed by atoms with Crippen molar-refractivity contribution in [1.29, 1.82) is 0 Å². The quantitative estimate of drug-likeness (QED) is 0.875. The van der Waals surface area contributed by atoms with E-state index in [4.69, 9.17) is 4.74 Å². The minimum Gasteiger partial charge on any atom is -0.469 e. The topological polar surface area (TPSA) is 62.4 Å². The molecule has 2 heterocycles. The maximum atomic E-state index is 12.9. The second-order valence-electron chi connectivity index (χ2n) is 6.54. The van der Waals surface area contributed by atoms with Gasteiger partial charge in [-0.3, -0.25) is 9.59 Å². The first-order valence-electron chi connectivity index (χ1n) is 8.55. The van der Waals surface area contributed by atoms with Gasteiger partial charge < -0.3 is 14.6 Å². The van der Waals surface area contributed by atoms with Gasteiger partial charge in [0.25, 0.3) is 0 Å². The van der Waals surface area contributed by atoms with E-state index < -0.39 is 0 Å². The smallest absolute Gasteiger partial charge is 0.306 e. The molecule has 24 heavy (non-hydrogen) atoms. The Morgan fingerprint density at radius 1 is 1.33 bits per heavy atom. The molecule has 3 rings (SSSR count). The number of methoxy groups -OCH3 is 1. The largest absolute Gasteiger partial charge is 0.469 e. The third kappa shape index (κ3) is 3.30. The van der Waals surface area contributed by atoms with Crippen LogP contribution in [0, 0.1) is 5.92 Å². The van der Waals surface area contributed by atoms with Crippen LogP contribution < -0.4 is 0 Å². The molecule has 1 fully saturated rings. The molecule has 0 saturated carbocycles. The number of aromatic nitrogens is 1. The summed E-state index contributed by atoms with van der Waals surface area (Å²) >= 11 is 0. The van der Waals surface area contributed by atoms with E-state index >= 15 is 0 Å². The van der Waals surface area contributed by atoms with E-state index in [-0.39, 0.29) is 30.3 Å². The van der Waals surface area contributed by atoms with Crippen LogP contribution in [0.3, 0.4) is 0 Å². The number of esters is 1. The summed E-state index contributed by atoms with van der Waals surface area (Å²) in [5, 5.41) is 1.16. The molecule has 1 saturated heterocycles. The molecular weight excluding hydrogens is 304 g/mol. The first kappa shape index (κ1) is 16.6. The molecular formula is C19H24N2O3. The van der Waals surface area contributed by atoms with E-state index in [9.17, 15) is 9.59 Å². The van der Waals surface area contributed by atoms with Gasteiger partial charge in [-0.2, -0.15) is 0 Å². The number of hydrogen-bond acceptors (Lipinski definition) is 3. The Kier molecular flexibility index (Phi) is 4.88. The average molecular weight is 328 g/mol. The van der Waals surface area contributed by atoms with Crippen LogP contribution in [0.1, 0.15) is 44.3 Å². The normalized spacial score (nSPS) is 19.2. The minimum atomic E-state index is -0.359. The SMILES string of the molecule is COC(=O)C[C@H](C)C(=O)N1CCCC[C@H]1c1cc2ccccc2[nH]1. The maximum absolute atomic E-state index is 12.9. The van der Waals surface area contributed by atoms with Crippen molar-refractivity contribution in [3.05, 3.63) is 36.0 Å². The number of aromatic amines is 1. The van der Waals surface area contributed by atoms with Crippen molar-refractivity contribution < 1.29 is 14.3 Å². The molecule has 5 nitrogen and oxygen atoms in total. The number of rotatable bonds is 4. The van der Waals surface area contributed by atoms with Gasteiger partial charge in [0.05, 0.1) is 19.6 Å². The third-order valence-corrected chi connectivity index (χ3v) is 4.82. The highest BCUT2D eigenvalue weighted by molar-refractivity contribution is 5.84. The van der Waals surface area contributed by atoms with E-state index in [1.165, 1.54) is 7.11 Å². The van der Waals surface area contributed by atoms with Crippen molar-refractivity contribution in [2.24, 2.45) is 5.92 Å². The molecule has 0 bridgehead atoms. The van der Waals surface area contributed by atoms with Gasteiger partial charge in [-0.15, -0.1) is 0 Å². The number of carbonyl (C=O) groups excluding carboxylic acids is 2. The maximum Gasteiger partial charge on any atom is 0.306 e. The van der Waals surface area contributed by atoms with Gasteiger partial charge in [0, 0.05) is 23.7 Å². The fourth-order valence-corrected chi connectivity index (χ4v) is 3.50. The summed E-state index contributed by atoms with van der Waals surface area (Å²) < 4.78 is 4.69. The minimum absolute atomic E-state index is 0.0313. The van der Waals surface area contributed by atoms with Crippen LogP contribution in [-0.4, -0.2) is 35.4 Å². The number of benzene rings is 1. The van der Waals surface area contributed by atoms with Gasteiger partial charge in [0.1, 0.15) is 0 Å². The Morgan fingerprint density at radius 3 is 2.88 bits per heavy atom. The number of amides is 1. The van der Waals surface area contributed by atoms with Gasteiger partial charge >= 0.3 is 5.97 Å². The molecule has 0 radical (unpaired) electrons. The second-order valence-corrected chi connectivity index (χ2v) is 6.54. The molecule has 1 N–H and O–H groups in total. The zero-order chi connectivity index (χ0) is 17.1. The van der Waals surface area contributed by atoms with Crippen molar-refractivity contribution in [3.8, 4) is 0 Å². The Balaban J connectivity index is 1.82. The molecule has 1 aromatic carbocycles. The van der Waals surface area contributed by atoms with Gasteiger partial charge in [-0.1, -0.05) is 25.1 Å². The Labute approximate surface area is 142 Å². The van der Waals surface area contributed by atoms with Crippen molar-refractivity contribution in [2.45, 2.75) is 38.6 Å².